The highest BCUT2D eigenvalue weighted by molar-refractivity contribution is 6.18. The summed E-state index contributed by atoms with van der Waals surface area (Å²) in [6.45, 7) is 5.99. The Morgan fingerprint density at radius 3 is 2.22 bits per heavy atom. The van der Waals surface area contributed by atoms with Gasteiger partial charge in [0, 0.05) is 5.56 Å². The molecule has 2 aromatic carbocycles. The highest BCUT2D eigenvalue weighted by Gasteiger charge is 2.28. The second kappa shape index (κ2) is 10.4. The van der Waals surface area contributed by atoms with E-state index in [0.29, 0.717) is 11.8 Å². The third kappa shape index (κ3) is 5.63. The number of hydrogen-bond acceptors (Lipinski definition) is 6. The van der Waals surface area contributed by atoms with E-state index in [9.17, 15) is 34.8 Å². The van der Waals surface area contributed by atoms with Gasteiger partial charge in [-0.25, -0.2) is 4.79 Å². The number of aromatic carboxylic acids is 1. The maximum Gasteiger partial charge on any atom is 0.336 e. The van der Waals surface area contributed by atoms with Crippen LogP contribution in [0.15, 0.2) is 47.6 Å². The quantitative estimate of drug-likeness (QED) is 0.252. The fourth-order valence-electron chi connectivity index (χ4n) is 3.24. The summed E-state index contributed by atoms with van der Waals surface area (Å²) in [5, 5.41) is 40.6. The minimum Gasteiger partial charge on any atom is -0.507 e. The van der Waals surface area contributed by atoms with Crippen molar-refractivity contribution in [3.05, 3.63) is 75.4 Å². The second-order valence-electron chi connectivity index (χ2n) is 7.76. The van der Waals surface area contributed by atoms with Gasteiger partial charge in [-0.3, -0.25) is 9.59 Å². The van der Waals surface area contributed by atoms with Gasteiger partial charge in [0.05, 0.1) is 11.1 Å². The lowest BCUT2D eigenvalue weighted by Crippen LogP contribution is -2.12. The Morgan fingerprint density at radius 2 is 1.62 bits per heavy atom. The van der Waals surface area contributed by atoms with Crippen molar-refractivity contribution in [1.82, 2.24) is 0 Å². The molecule has 32 heavy (non-hydrogen) atoms. The number of benzene rings is 2. The smallest absolute Gasteiger partial charge is 0.336 e. The van der Waals surface area contributed by atoms with Crippen molar-refractivity contribution in [2.45, 2.75) is 40.0 Å². The van der Waals surface area contributed by atoms with Gasteiger partial charge in [0.2, 0.25) is 5.78 Å². The van der Waals surface area contributed by atoms with E-state index in [1.165, 1.54) is 17.7 Å². The Kier molecular flexibility index (Phi) is 7.96. The maximum absolute atomic E-state index is 13.1. The Hall–Kier alpha value is -3.87. The molecule has 0 unspecified atom stereocenters. The van der Waals surface area contributed by atoms with E-state index in [1.54, 1.807) is 0 Å². The largest absolute Gasteiger partial charge is 0.507 e. The summed E-state index contributed by atoms with van der Waals surface area (Å²) in [4.78, 5) is 35.7. The first-order valence-electron chi connectivity index (χ1n) is 9.99. The van der Waals surface area contributed by atoms with Crippen LogP contribution in [-0.4, -0.2) is 38.5 Å². The first kappa shape index (κ1) is 24.4. The molecular formula is C25H26O7. The van der Waals surface area contributed by atoms with E-state index in [1.807, 2.05) is 26.8 Å². The predicted molar refractivity (Wildman–Crippen MR) is 120 cm³/mol. The summed E-state index contributed by atoms with van der Waals surface area (Å²) >= 11 is 0. The topological polar surface area (TPSA) is 132 Å². The van der Waals surface area contributed by atoms with E-state index in [2.05, 4.69) is 6.08 Å². The van der Waals surface area contributed by atoms with Crippen LogP contribution in [0.25, 0.3) is 0 Å². The monoisotopic (exact) mass is 438 g/mol. The summed E-state index contributed by atoms with van der Waals surface area (Å²) < 4.78 is 0. The average Bonchev–Trinajstić information content (AvgIpc) is 2.72. The highest BCUT2D eigenvalue weighted by Crippen LogP contribution is 2.36. The van der Waals surface area contributed by atoms with Crippen molar-refractivity contribution < 1.29 is 34.8 Å². The molecule has 0 fully saturated rings. The number of carbonyl (C=O) groups excluding carboxylic acids is 2. The SMILES string of the molecule is CC(C)=CCCC(C)=CCc1ccc(O)c(C(=O)c2c(O)cc(C=O)cc2C(=O)O)c1O. The molecule has 0 saturated carbocycles. The lowest BCUT2D eigenvalue weighted by molar-refractivity contribution is 0.0692. The lowest BCUT2D eigenvalue weighted by Gasteiger charge is -2.13. The molecule has 0 aliphatic rings. The summed E-state index contributed by atoms with van der Waals surface area (Å²) in [6, 6.07) is 4.59. The van der Waals surface area contributed by atoms with Crippen LogP contribution < -0.4 is 0 Å². The van der Waals surface area contributed by atoms with Gasteiger partial charge < -0.3 is 20.4 Å². The molecule has 7 nitrogen and oxygen atoms in total. The van der Waals surface area contributed by atoms with Gasteiger partial charge in [0.1, 0.15) is 29.1 Å². The normalized spacial score (nSPS) is 11.2. The summed E-state index contributed by atoms with van der Waals surface area (Å²) in [7, 11) is 0. The van der Waals surface area contributed by atoms with E-state index in [4.69, 9.17) is 0 Å². The first-order chi connectivity index (χ1) is 15.1. The van der Waals surface area contributed by atoms with E-state index in [0.717, 1.165) is 30.5 Å². The van der Waals surface area contributed by atoms with E-state index < -0.39 is 45.7 Å². The standard InChI is InChI=1S/C25H26O7/c1-14(2)5-4-6-15(3)7-8-17-9-10-19(27)22(23(17)29)24(30)21-18(25(31)32)11-16(13-26)12-20(21)28/h5,7,9-13,27-29H,4,6,8H2,1-3H3,(H,31,32). The molecule has 0 saturated heterocycles. The van der Waals surface area contributed by atoms with Gasteiger partial charge in [-0.2, -0.15) is 0 Å². The number of hydrogen-bond donors (Lipinski definition) is 4. The molecule has 7 heteroatoms. The molecule has 2 aromatic rings. The van der Waals surface area contributed by atoms with Gasteiger partial charge in [-0.1, -0.05) is 29.4 Å². The Morgan fingerprint density at radius 1 is 0.938 bits per heavy atom. The minimum absolute atomic E-state index is 0.132. The number of aromatic hydroxyl groups is 3. The molecule has 0 aliphatic carbocycles. The van der Waals surface area contributed by atoms with Crippen LogP contribution in [0.2, 0.25) is 0 Å². The molecule has 0 spiro atoms. The van der Waals surface area contributed by atoms with Crippen molar-refractivity contribution >= 4 is 18.0 Å². The number of aldehydes is 1. The zero-order valence-corrected chi connectivity index (χ0v) is 18.2. The molecule has 0 amide bonds. The van der Waals surface area contributed by atoms with Crippen LogP contribution in [-0.2, 0) is 6.42 Å². The highest BCUT2D eigenvalue weighted by atomic mass is 16.4. The van der Waals surface area contributed by atoms with E-state index in [-0.39, 0.29) is 12.0 Å². The van der Waals surface area contributed by atoms with Crippen LogP contribution in [0.5, 0.6) is 17.2 Å². The van der Waals surface area contributed by atoms with Gasteiger partial charge in [-0.15, -0.1) is 0 Å². The number of carbonyl (C=O) groups is 3. The second-order valence-corrected chi connectivity index (χ2v) is 7.76. The van der Waals surface area contributed by atoms with Crippen LogP contribution in [0.4, 0.5) is 0 Å². The molecule has 168 valence electrons. The van der Waals surface area contributed by atoms with Gasteiger partial charge in [0.25, 0.3) is 0 Å². The molecule has 2 rings (SSSR count). The molecule has 4 N–H and O–H groups in total. The van der Waals surface area contributed by atoms with Crippen molar-refractivity contribution in [1.29, 1.82) is 0 Å². The van der Waals surface area contributed by atoms with Crippen molar-refractivity contribution in [3.63, 3.8) is 0 Å². The third-order valence-electron chi connectivity index (χ3n) is 4.96. The summed E-state index contributed by atoms with van der Waals surface area (Å²) in [5.41, 5.74) is 0.770. The Bertz CT molecular complexity index is 1120. The molecule has 0 bridgehead atoms. The number of allylic oxidation sites excluding steroid dienone is 4. The van der Waals surface area contributed by atoms with Crippen LogP contribution in [0, 0.1) is 0 Å². The molecule has 0 aromatic heterocycles. The maximum atomic E-state index is 13.1. The fraction of sp³-hybridized carbons (Fsp3) is 0.240. The third-order valence-corrected chi connectivity index (χ3v) is 4.96. The van der Waals surface area contributed by atoms with Crippen molar-refractivity contribution in [3.8, 4) is 17.2 Å². The minimum atomic E-state index is -1.54. The number of rotatable bonds is 9. The molecule has 0 heterocycles. The molecule has 0 radical (unpaired) electrons. The Labute approximate surface area is 186 Å². The zero-order chi connectivity index (χ0) is 24.0. The molecule has 0 aliphatic heterocycles. The lowest BCUT2D eigenvalue weighted by atomic mass is 9.92. The van der Waals surface area contributed by atoms with E-state index >= 15 is 0 Å². The first-order valence-corrected chi connectivity index (χ1v) is 9.99. The molecule has 0 atom stereocenters. The number of phenolic OH excluding ortho intramolecular Hbond substituents is 3. The van der Waals surface area contributed by atoms with Gasteiger partial charge in [-0.05, 0) is 63.8 Å². The number of carboxylic acid groups (broad SMARTS) is 1. The molecular weight excluding hydrogens is 412 g/mol. The van der Waals surface area contributed by atoms with Gasteiger partial charge >= 0.3 is 5.97 Å². The van der Waals surface area contributed by atoms with Gasteiger partial charge in [0.15, 0.2) is 0 Å². The average molecular weight is 438 g/mol. The number of ketones is 1. The zero-order valence-electron chi connectivity index (χ0n) is 18.2. The van der Waals surface area contributed by atoms with Crippen LogP contribution in [0.3, 0.4) is 0 Å². The summed E-state index contributed by atoms with van der Waals surface area (Å²) in [6.07, 6.45) is 6.35. The van der Waals surface area contributed by atoms with Crippen LogP contribution in [0.1, 0.15) is 75.8 Å². The fourth-order valence-corrected chi connectivity index (χ4v) is 3.24. The number of carboxylic acids is 1. The Balaban J connectivity index is 2.46. The van der Waals surface area contributed by atoms with Crippen molar-refractivity contribution in [2.75, 3.05) is 0 Å². The van der Waals surface area contributed by atoms with Crippen molar-refractivity contribution in [2.24, 2.45) is 0 Å². The predicted octanol–water partition coefficient (Wildman–Crippen LogP) is 4.78. The van der Waals surface area contributed by atoms with Crippen LogP contribution >= 0.6 is 0 Å². The summed E-state index contributed by atoms with van der Waals surface area (Å²) in [5.74, 6) is -4.42. The number of phenols is 3.